The number of fused-ring (bicyclic) bond motifs is 1. The van der Waals surface area contributed by atoms with Gasteiger partial charge in [-0.05, 0) is 91.0 Å². The Kier molecular flexibility index (Phi) is 9.08. The highest BCUT2D eigenvalue weighted by Gasteiger charge is 2.37. The summed E-state index contributed by atoms with van der Waals surface area (Å²) < 4.78 is 15.8. The molecule has 0 saturated heterocycles. The maximum atomic E-state index is 13.9. The van der Waals surface area contributed by atoms with Crippen LogP contribution in [0.3, 0.4) is 0 Å². The van der Waals surface area contributed by atoms with E-state index in [1.54, 1.807) is 5.30 Å². The van der Waals surface area contributed by atoms with Crippen LogP contribution in [-0.2, 0) is 11.0 Å². The number of hydrogen-bond acceptors (Lipinski definition) is 1. The lowest BCUT2D eigenvalue weighted by Crippen LogP contribution is -2.39. The topological polar surface area (TPSA) is 20.3 Å². The first-order valence-corrected chi connectivity index (χ1v) is 17.4. The number of benzene rings is 3. The number of nitrogens with zero attached hydrogens (tertiary/aromatic N) is 1. The minimum Gasteiger partial charge on any atom is -0.242 e. The molecule has 0 radical (unpaired) electrons. The van der Waals surface area contributed by atoms with Gasteiger partial charge in [-0.25, -0.2) is 8.51 Å². The van der Waals surface area contributed by atoms with Crippen molar-refractivity contribution in [3.05, 3.63) is 77.9 Å². The molecule has 2 saturated carbocycles. The van der Waals surface area contributed by atoms with Gasteiger partial charge in [-0.3, -0.25) is 0 Å². The molecule has 2 fully saturated rings. The average Bonchev–Trinajstić information content (AvgIpc) is 2.94. The maximum absolute atomic E-state index is 13.9. The summed E-state index contributed by atoms with van der Waals surface area (Å²) in [6.07, 6.45) is 13.9. The Morgan fingerprint density at radius 2 is 1.32 bits per heavy atom. The molecule has 2 nitrogen and oxygen atoms in total. The molecule has 2 aliphatic rings. The lowest BCUT2D eigenvalue weighted by atomic mass is 9.96. The van der Waals surface area contributed by atoms with Gasteiger partial charge in [0, 0.05) is 7.05 Å². The zero-order valence-corrected chi connectivity index (χ0v) is 25.6. The quantitative estimate of drug-likeness (QED) is 0.270. The molecule has 0 bridgehead atoms. The lowest BCUT2D eigenvalue weighted by Gasteiger charge is -2.41. The van der Waals surface area contributed by atoms with E-state index in [0.717, 1.165) is 11.3 Å². The number of rotatable bonds is 7. The molecule has 38 heavy (non-hydrogen) atoms. The predicted molar refractivity (Wildman–Crippen MR) is 168 cm³/mol. The fourth-order valence-electron chi connectivity index (χ4n) is 6.85. The molecule has 3 aromatic carbocycles. The highest BCUT2D eigenvalue weighted by atomic mass is 32.2. The predicted octanol–water partition coefficient (Wildman–Crippen LogP) is 9.10. The fourth-order valence-corrected chi connectivity index (χ4v) is 12.1. The molecule has 2 aliphatic carbocycles. The Balaban J connectivity index is 1.66. The van der Waals surface area contributed by atoms with Crippen LogP contribution in [-0.4, -0.2) is 31.6 Å². The van der Waals surface area contributed by atoms with Crippen LogP contribution in [0.25, 0.3) is 10.8 Å². The van der Waals surface area contributed by atoms with Crippen molar-refractivity contribution in [1.29, 1.82) is 0 Å². The third-order valence-electron chi connectivity index (χ3n) is 8.68. The minimum atomic E-state index is -1.14. The van der Waals surface area contributed by atoms with Crippen molar-refractivity contribution in [1.82, 2.24) is 4.31 Å². The third kappa shape index (κ3) is 6.11. The molecule has 0 amide bonds. The van der Waals surface area contributed by atoms with Crippen molar-refractivity contribution in [3.63, 3.8) is 0 Å². The van der Waals surface area contributed by atoms with E-state index < -0.39 is 11.0 Å². The van der Waals surface area contributed by atoms with Crippen LogP contribution < -0.4 is 5.30 Å². The van der Waals surface area contributed by atoms with Gasteiger partial charge in [0.05, 0.1) is 10.8 Å². The van der Waals surface area contributed by atoms with Crippen molar-refractivity contribution in [2.24, 2.45) is 0 Å². The molecule has 0 aromatic heterocycles. The van der Waals surface area contributed by atoms with E-state index >= 15 is 0 Å². The summed E-state index contributed by atoms with van der Waals surface area (Å²) in [6.45, 7) is 6.29. The number of hydrogen-bond donors (Lipinski definition) is 0. The normalized spacial score (nSPS) is 19.7. The van der Waals surface area contributed by atoms with Gasteiger partial charge in [-0.1, -0.05) is 107 Å². The molecule has 4 heteroatoms. The second-order valence-corrected chi connectivity index (χ2v) is 17.5. The highest BCUT2D eigenvalue weighted by molar-refractivity contribution is 7.84. The van der Waals surface area contributed by atoms with Gasteiger partial charge in [0.2, 0.25) is 0 Å². The molecular formula is C34H46NOPS. The summed E-state index contributed by atoms with van der Waals surface area (Å²) in [5.74, 6) is 0. The third-order valence-corrected chi connectivity index (χ3v) is 14.0. The Bertz CT molecular complexity index is 1220. The summed E-state index contributed by atoms with van der Waals surface area (Å²) in [6, 6.07) is 24.8. The first kappa shape index (κ1) is 28.0. The second-order valence-electron chi connectivity index (χ2n) is 12.5. The van der Waals surface area contributed by atoms with Gasteiger partial charge in [0.15, 0.2) is 0 Å². The Labute approximate surface area is 234 Å². The van der Waals surface area contributed by atoms with Gasteiger partial charge < -0.3 is 0 Å². The Hall–Kier alpha value is -1.54. The van der Waals surface area contributed by atoms with Crippen molar-refractivity contribution in [2.45, 2.75) is 107 Å². The van der Waals surface area contributed by atoms with E-state index in [4.69, 9.17) is 0 Å². The molecule has 0 heterocycles. The van der Waals surface area contributed by atoms with Crippen LogP contribution in [0.1, 0.15) is 102 Å². The highest BCUT2D eigenvalue weighted by Crippen LogP contribution is 2.56. The first-order valence-electron chi connectivity index (χ1n) is 14.9. The van der Waals surface area contributed by atoms with Crippen molar-refractivity contribution >= 4 is 35.0 Å². The van der Waals surface area contributed by atoms with Crippen molar-refractivity contribution in [2.75, 3.05) is 7.05 Å². The summed E-state index contributed by atoms with van der Waals surface area (Å²) in [4.78, 5) is 0. The van der Waals surface area contributed by atoms with E-state index in [-0.39, 0.29) is 18.7 Å². The van der Waals surface area contributed by atoms with E-state index in [9.17, 15) is 4.21 Å². The van der Waals surface area contributed by atoms with Gasteiger partial charge in [-0.2, -0.15) is 0 Å². The smallest absolute Gasteiger partial charge is 0.100 e. The average molecular weight is 548 g/mol. The summed E-state index contributed by atoms with van der Waals surface area (Å²) in [5.41, 5.74) is 4.31. The van der Waals surface area contributed by atoms with E-state index in [1.165, 1.54) is 86.1 Å². The molecule has 3 aromatic rings. The molecule has 2 atom stereocenters. The first-order chi connectivity index (χ1) is 18.3. The zero-order valence-electron chi connectivity index (χ0n) is 23.9. The monoisotopic (exact) mass is 547 g/mol. The van der Waals surface area contributed by atoms with Gasteiger partial charge in [0.25, 0.3) is 0 Å². The second kappa shape index (κ2) is 12.3. The minimum absolute atomic E-state index is 0.0342. The van der Waals surface area contributed by atoms with Crippen LogP contribution in [0.15, 0.2) is 66.7 Å². The van der Waals surface area contributed by atoms with Crippen LogP contribution in [0.4, 0.5) is 0 Å². The molecule has 204 valence electrons. The molecule has 0 N–H and O–H groups in total. The van der Waals surface area contributed by atoms with Crippen LogP contribution >= 0.6 is 7.92 Å². The van der Waals surface area contributed by atoms with Crippen molar-refractivity contribution < 1.29 is 4.21 Å². The molecule has 0 aliphatic heterocycles. The molecular weight excluding hydrogens is 501 g/mol. The maximum Gasteiger partial charge on any atom is 0.100 e. The van der Waals surface area contributed by atoms with Gasteiger partial charge in [0.1, 0.15) is 11.0 Å². The van der Waals surface area contributed by atoms with Crippen molar-refractivity contribution in [3.8, 4) is 0 Å². The lowest BCUT2D eigenvalue weighted by molar-refractivity contribution is 0.441. The largest absolute Gasteiger partial charge is 0.242 e. The Morgan fingerprint density at radius 1 is 0.763 bits per heavy atom. The van der Waals surface area contributed by atoms with Crippen LogP contribution in [0.2, 0.25) is 0 Å². The summed E-state index contributed by atoms with van der Waals surface area (Å²) >= 11 is 0. The summed E-state index contributed by atoms with van der Waals surface area (Å²) in [7, 11) is 0.680. The van der Waals surface area contributed by atoms with Crippen LogP contribution in [0, 0.1) is 0 Å². The molecule has 2 unspecified atom stereocenters. The van der Waals surface area contributed by atoms with E-state index in [2.05, 4.69) is 98.9 Å². The van der Waals surface area contributed by atoms with Crippen LogP contribution in [0.5, 0.6) is 0 Å². The van der Waals surface area contributed by atoms with Gasteiger partial charge >= 0.3 is 0 Å². The van der Waals surface area contributed by atoms with E-state index in [1.807, 2.05) is 0 Å². The van der Waals surface area contributed by atoms with Gasteiger partial charge in [-0.15, -0.1) is 0 Å². The Morgan fingerprint density at radius 3 is 1.92 bits per heavy atom. The molecule has 5 rings (SSSR count). The molecule has 0 spiro atoms. The zero-order chi connectivity index (χ0) is 26.7. The standard InChI is InChI=1S/C34H46NOPS/c1-34(2,3)38(36)35(4)33(28-24-23-26-15-11-12-16-27(26)25-28)31-21-13-14-22-32(31)37(29-17-7-5-8-18-29)30-19-9-6-10-20-30/h11-16,21-25,29-30,33H,5-10,17-20H2,1-4H3. The summed E-state index contributed by atoms with van der Waals surface area (Å²) in [5, 5.41) is 4.11. The SMILES string of the molecule is CN(C(c1ccc2ccccc2c1)c1ccccc1P(C1CCCCC1)C1CCCCC1)S(=O)C(C)(C)C. The van der Waals surface area contributed by atoms with E-state index in [0.29, 0.717) is 0 Å². The fraction of sp³-hybridized carbons (Fsp3) is 0.529.